The highest BCUT2D eigenvalue weighted by molar-refractivity contribution is 9.10. The molecule has 0 aromatic heterocycles. The molecule has 0 saturated carbocycles. The number of carbonyl (C=O) groups is 2. The van der Waals surface area contributed by atoms with E-state index in [1.165, 1.54) is 0 Å². The molecule has 2 aromatic carbocycles. The Kier molecular flexibility index (Phi) is 7.01. The van der Waals surface area contributed by atoms with Crippen LogP contribution < -0.4 is 9.47 Å². The van der Waals surface area contributed by atoms with Gasteiger partial charge in [-0.1, -0.05) is 34.1 Å². The number of hydrogen-bond acceptors (Lipinski definition) is 5. The number of aryl methyl sites for hydroxylation is 1. The van der Waals surface area contributed by atoms with Crippen molar-refractivity contribution in [2.24, 2.45) is 0 Å². The first-order valence-corrected chi connectivity index (χ1v) is 8.48. The maximum absolute atomic E-state index is 12.0. The largest absolute Gasteiger partial charge is 0.493 e. The third kappa shape index (κ3) is 5.60. The molecule has 132 valence electrons. The molecule has 0 saturated heterocycles. The van der Waals surface area contributed by atoms with Crippen molar-refractivity contribution in [3.63, 3.8) is 0 Å². The quantitative estimate of drug-likeness (QED) is 0.492. The van der Waals surface area contributed by atoms with Crippen molar-refractivity contribution < 1.29 is 23.8 Å². The zero-order chi connectivity index (χ0) is 18.2. The van der Waals surface area contributed by atoms with Crippen molar-refractivity contribution in [2.75, 3.05) is 20.8 Å². The van der Waals surface area contributed by atoms with Gasteiger partial charge >= 0.3 is 5.97 Å². The monoisotopic (exact) mass is 406 g/mol. The SMILES string of the molecule is COc1ccc(CCC(=O)OCC(=O)c2cccc(Br)c2)cc1OC. The first kappa shape index (κ1) is 19.0. The highest BCUT2D eigenvalue weighted by Gasteiger charge is 2.11. The lowest BCUT2D eigenvalue weighted by molar-refractivity contribution is -0.142. The number of carbonyl (C=O) groups excluding carboxylic acids is 2. The number of esters is 1. The minimum atomic E-state index is -0.418. The number of methoxy groups -OCH3 is 2. The molecule has 25 heavy (non-hydrogen) atoms. The zero-order valence-corrected chi connectivity index (χ0v) is 15.7. The predicted molar refractivity (Wildman–Crippen MR) is 97.3 cm³/mol. The summed E-state index contributed by atoms with van der Waals surface area (Å²) >= 11 is 3.30. The van der Waals surface area contributed by atoms with Crippen molar-refractivity contribution in [1.82, 2.24) is 0 Å². The Hall–Kier alpha value is -2.34. The van der Waals surface area contributed by atoms with Gasteiger partial charge in [-0.2, -0.15) is 0 Å². The lowest BCUT2D eigenvalue weighted by Gasteiger charge is -2.09. The Morgan fingerprint density at radius 1 is 1.00 bits per heavy atom. The van der Waals surface area contributed by atoms with Gasteiger partial charge < -0.3 is 14.2 Å². The van der Waals surface area contributed by atoms with Crippen molar-refractivity contribution in [3.8, 4) is 11.5 Å². The highest BCUT2D eigenvalue weighted by Crippen LogP contribution is 2.28. The fourth-order valence-corrected chi connectivity index (χ4v) is 2.65. The number of benzene rings is 2. The molecule has 2 rings (SSSR count). The molecule has 0 aliphatic heterocycles. The Bertz CT molecular complexity index is 757. The topological polar surface area (TPSA) is 61.8 Å². The van der Waals surface area contributed by atoms with E-state index < -0.39 is 5.97 Å². The summed E-state index contributed by atoms with van der Waals surface area (Å²) in [5.41, 5.74) is 1.43. The van der Waals surface area contributed by atoms with E-state index in [1.54, 1.807) is 38.5 Å². The second-order valence-electron chi connectivity index (χ2n) is 5.28. The van der Waals surface area contributed by atoms with E-state index >= 15 is 0 Å². The van der Waals surface area contributed by atoms with E-state index in [9.17, 15) is 9.59 Å². The molecule has 0 heterocycles. The van der Waals surface area contributed by atoms with Crippen LogP contribution in [0.2, 0.25) is 0 Å². The van der Waals surface area contributed by atoms with Gasteiger partial charge in [0.1, 0.15) is 0 Å². The van der Waals surface area contributed by atoms with E-state index in [0.29, 0.717) is 23.5 Å². The normalized spacial score (nSPS) is 10.2. The molecule has 0 unspecified atom stereocenters. The molecule has 6 heteroatoms. The molecule has 0 aliphatic rings. The molecule has 0 fully saturated rings. The highest BCUT2D eigenvalue weighted by atomic mass is 79.9. The van der Waals surface area contributed by atoms with Gasteiger partial charge in [-0.05, 0) is 36.2 Å². The molecular weight excluding hydrogens is 388 g/mol. The van der Waals surface area contributed by atoms with E-state index in [4.69, 9.17) is 14.2 Å². The molecule has 5 nitrogen and oxygen atoms in total. The Labute approximate surface area is 155 Å². The number of ketones is 1. The average Bonchev–Trinajstić information content (AvgIpc) is 2.64. The van der Waals surface area contributed by atoms with Gasteiger partial charge in [0, 0.05) is 16.5 Å². The van der Waals surface area contributed by atoms with E-state index in [-0.39, 0.29) is 18.8 Å². The number of hydrogen-bond donors (Lipinski definition) is 0. The number of Topliss-reactive ketones (excluding diaryl/α,β-unsaturated/α-hetero) is 1. The van der Waals surface area contributed by atoms with Crippen LogP contribution in [0, 0.1) is 0 Å². The molecule has 0 amide bonds. The molecule has 0 bridgehead atoms. The second-order valence-corrected chi connectivity index (χ2v) is 6.20. The molecular formula is C19H19BrO5. The maximum atomic E-state index is 12.0. The molecule has 0 atom stereocenters. The Morgan fingerprint density at radius 3 is 2.44 bits per heavy atom. The van der Waals surface area contributed by atoms with Gasteiger partial charge in [0.15, 0.2) is 23.9 Å². The zero-order valence-electron chi connectivity index (χ0n) is 14.1. The number of ether oxygens (including phenoxy) is 3. The first-order valence-electron chi connectivity index (χ1n) is 7.68. The van der Waals surface area contributed by atoms with E-state index in [2.05, 4.69) is 15.9 Å². The summed E-state index contributed by atoms with van der Waals surface area (Å²) in [5.74, 6) is 0.588. The third-order valence-electron chi connectivity index (χ3n) is 3.58. The van der Waals surface area contributed by atoms with Crippen LogP contribution in [-0.4, -0.2) is 32.6 Å². The van der Waals surface area contributed by atoms with E-state index in [0.717, 1.165) is 10.0 Å². The van der Waals surface area contributed by atoms with Gasteiger partial charge in [-0.25, -0.2) is 0 Å². The summed E-state index contributed by atoms with van der Waals surface area (Å²) in [4.78, 5) is 23.9. The minimum absolute atomic E-state index is 0.182. The van der Waals surface area contributed by atoms with E-state index in [1.807, 2.05) is 18.2 Å². The second kappa shape index (κ2) is 9.22. The summed E-state index contributed by atoms with van der Waals surface area (Å²) in [7, 11) is 3.13. The van der Waals surface area contributed by atoms with Crippen molar-refractivity contribution in [2.45, 2.75) is 12.8 Å². The molecule has 0 aliphatic carbocycles. The third-order valence-corrected chi connectivity index (χ3v) is 4.07. The fraction of sp³-hybridized carbons (Fsp3) is 0.263. The summed E-state index contributed by atoms with van der Waals surface area (Å²) < 4.78 is 16.3. The van der Waals surface area contributed by atoms with Gasteiger partial charge in [-0.3, -0.25) is 9.59 Å². The fourth-order valence-electron chi connectivity index (χ4n) is 2.25. The van der Waals surface area contributed by atoms with Crippen LogP contribution in [0.5, 0.6) is 11.5 Å². The Balaban J connectivity index is 1.83. The lowest BCUT2D eigenvalue weighted by Crippen LogP contribution is -2.14. The summed E-state index contributed by atoms with van der Waals surface area (Å²) in [6.07, 6.45) is 0.672. The average molecular weight is 407 g/mol. The maximum Gasteiger partial charge on any atom is 0.306 e. The molecule has 0 spiro atoms. The molecule has 2 aromatic rings. The van der Waals surface area contributed by atoms with Crippen molar-refractivity contribution >= 4 is 27.7 Å². The first-order chi connectivity index (χ1) is 12.0. The van der Waals surface area contributed by atoms with Crippen molar-refractivity contribution in [3.05, 3.63) is 58.1 Å². The van der Waals surface area contributed by atoms with Crippen LogP contribution >= 0.6 is 15.9 Å². The van der Waals surface area contributed by atoms with Crippen molar-refractivity contribution in [1.29, 1.82) is 0 Å². The minimum Gasteiger partial charge on any atom is -0.493 e. The summed E-state index contributed by atoms with van der Waals surface area (Å²) in [5, 5.41) is 0. The summed E-state index contributed by atoms with van der Waals surface area (Å²) in [6, 6.07) is 12.4. The van der Waals surface area contributed by atoms with Crippen LogP contribution in [0.4, 0.5) is 0 Å². The van der Waals surface area contributed by atoms with Crippen LogP contribution in [0.1, 0.15) is 22.3 Å². The van der Waals surface area contributed by atoms with Crippen LogP contribution in [-0.2, 0) is 16.0 Å². The van der Waals surface area contributed by atoms with Crippen LogP contribution in [0.25, 0.3) is 0 Å². The lowest BCUT2D eigenvalue weighted by atomic mass is 10.1. The number of rotatable bonds is 8. The van der Waals surface area contributed by atoms with Gasteiger partial charge in [-0.15, -0.1) is 0 Å². The standard InChI is InChI=1S/C19H19BrO5/c1-23-17-8-6-13(10-18(17)24-2)7-9-19(22)25-12-16(21)14-4-3-5-15(20)11-14/h3-6,8,10-11H,7,9,12H2,1-2H3. The van der Waals surface area contributed by atoms with Crippen LogP contribution in [0.3, 0.4) is 0 Å². The van der Waals surface area contributed by atoms with Gasteiger partial charge in [0.2, 0.25) is 0 Å². The summed E-state index contributed by atoms with van der Waals surface area (Å²) in [6.45, 7) is -0.263. The van der Waals surface area contributed by atoms with Crippen LogP contribution in [0.15, 0.2) is 46.9 Å². The molecule has 0 N–H and O–H groups in total. The van der Waals surface area contributed by atoms with Gasteiger partial charge in [0.25, 0.3) is 0 Å². The predicted octanol–water partition coefficient (Wildman–Crippen LogP) is 3.83. The number of halogens is 1. The Morgan fingerprint density at radius 2 is 1.76 bits per heavy atom. The van der Waals surface area contributed by atoms with Gasteiger partial charge in [0.05, 0.1) is 14.2 Å². The molecule has 0 radical (unpaired) electrons. The smallest absolute Gasteiger partial charge is 0.306 e.